The van der Waals surface area contributed by atoms with Crippen molar-refractivity contribution in [3.63, 3.8) is 0 Å². The van der Waals surface area contributed by atoms with Crippen LogP contribution in [0.2, 0.25) is 0 Å². The zero-order valence-electron chi connectivity index (χ0n) is 8.66. The Hall–Kier alpha value is -1.58. The molecular formula is C10H15N3O. The van der Waals surface area contributed by atoms with Gasteiger partial charge in [-0.05, 0) is 32.9 Å². The molecular weight excluding hydrogens is 178 g/mol. The Balaban J connectivity index is 2.89. The lowest BCUT2D eigenvalue weighted by Gasteiger charge is -2.22. The SMILES string of the molecule is CC(C)(C)Nc1ccnc(C(N)=O)c1. The molecule has 1 aromatic heterocycles. The number of carbonyl (C=O) groups is 1. The predicted molar refractivity (Wildman–Crippen MR) is 56.1 cm³/mol. The first-order valence-electron chi connectivity index (χ1n) is 4.42. The smallest absolute Gasteiger partial charge is 0.267 e. The third kappa shape index (κ3) is 3.05. The number of hydrogen-bond acceptors (Lipinski definition) is 3. The maximum Gasteiger partial charge on any atom is 0.267 e. The van der Waals surface area contributed by atoms with E-state index in [0.717, 1.165) is 5.69 Å². The first kappa shape index (κ1) is 10.5. The van der Waals surface area contributed by atoms with Crippen molar-refractivity contribution in [3.8, 4) is 0 Å². The van der Waals surface area contributed by atoms with E-state index < -0.39 is 5.91 Å². The number of hydrogen-bond donors (Lipinski definition) is 2. The zero-order chi connectivity index (χ0) is 10.8. The molecule has 1 amide bonds. The first-order chi connectivity index (χ1) is 6.38. The predicted octanol–water partition coefficient (Wildman–Crippen LogP) is 1.39. The number of aromatic nitrogens is 1. The van der Waals surface area contributed by atoms with E-state index >= 15 is 0 Å². The summed E-state index contributed by atoms with van der Waals surface area (Å²) in [6, 6.07) is 3.45. The number of pyridine rings is 1. The monoisotopic (exact) mass is 193 g/mol. The van der Waals surface area contributed by atoms with Crippen molar-refractivity contribution < 1.29 is 4.79 Å². The molecule has 0 aliphatic heterocycles. The number of anilines is 1. The van der Waals surface area contributed by atoms with Crippen LogP contribution in [0.1, 0.15) is 31.3 Å². The molecule has 1 aromatic rings. The second kappa shape index (κ2) is 3.65. The van der Waals surface area contributed by atoms with Gasteiger partial charge in [0.1, 0.15) is 5.69 Å². The summed E-state index contributed by atoms with van der Waals surface area (Å²) in [5.41, 5.74) is 6.20. The van der Waals surface area contributed by atoms with E-state index in [4.69, 9.17) is 5.73 Å². The quantitative estimate of drug-likeness (QED) is 0.745. The molecule has 1 rings (SSSR count). The van der Waals surface area contributed by atoms with Crippen LogP contribution in [0.4, 0.5) is 5.69 Å². The van der Waals surface area contributed by atoms with Gasteiger partial charge < -0.3 is 11.1 Å². The Morgan fingerprint density at radius 1 is 1.50 bits per heavy atom. The highest BCUT2D eigenvalue weighted by molar-refractivity contribution is 5.91. The van der Waals surface area contributed by atoms with Crippen molar-refractivity contribution >= 4 is 11.6 Å². The van der Waals surface area contributed by atoms with Gasteiger partial charge >= 0.3 is 0 Å². The highest BCUT2D eigenvalue weighted by Gasteiger charge is 2.10. The summed E-state index contributed by atoms with van der Waals surface area (Å²) < 4.78 is 0. The second-order valence-electron chi connectivity index (χ2n) is 4.17. The van der Waals surface area contributed by atoms with Crippen LogP contribution in [-0.4, -0.2) is 16.4 Å². The summed E-state index contributed by atoms with van der Waals surface area (Å²) in [5, 5.41) is 3.23. The topological polar surface area (TPSA) is 68.0 Å². The maximum atomic E-state index is 10.9. The van der Waals surface area contributed by atoms with Gasteiger partial charge in [-0.3, -0.25) is 9.78 Å². The molecule has 0 unspecified atom stereocenters. The molecule has 0 aliphatic carbocycles. The first-order valence-corrected chi connectivity index (χ1v) is 4.42. The van der Waals surface area contributed by atoms with E-state index in [2.05, 4.69) is 10.3 Å². The number of nitrogens with two attached hydrogens (primary N) is 1. The average Bonchev–Trinajstić information content (AvgIpc) is 2.01. The summed E-state index contributed by atoms with van der Waals surface area (Å²) in [4.78, 5) is 14.7. The third-order valence-corrected chi connectivity index (χ3v) is 1.53. The van der Waals surface area contributed by atoms with Crippen LogP contribution in [-0.2, 0) is 0 Å². The van der Waals surface area contributed by atoms with Crippen molar-refractivity contribution in [2.24, 2.45) is 5.73 Å². The number of primary amides is 1. The minimum absolute atomic E-state index is 0.0454. The number of nitrogens with one attached hydrogen (secondary N) is 1. The Labute approximate surface area is 83.5 Å². The minimum atomic E-state index is -0.512. The maximum absolute atomic E-state index is 10.9. The van der Waals surface area contributed by atoms with E-state index in [1.165, 1.54) is 0 Å². The van der Waals surface area contributed by atoms with E-state index in [1.807, 2.05) is 20.8 Å². The van der Waals surface area contributed by atoms with Gasteiger partial charge in [0.25, 0.3) is 5.91 Å². The molecule has 0 spiro atoms. The summed E-state index contributed by atoms with van der Waals surface area (Å²) in [6.07, 6.45) is 1.56. The van der Waals surface area contributed by atoms with Gasteiger partial charge in [0.2, 0.25) is 0 Å². The molecule has 0 aliphatic rings. The van der Waals surface area contributed by atoms with Gasteiger partial charge in [0.15, 0.2) is 0 Å². The van der Waals surface area contributed by atoms with E-state index in [1.54, 1.807) is 18.3 Å². The highest BCUT2D eigenvalue weighted by atomic mass is 16.1. The van der Waals surface area contributed by atoms with Gasteiger partial charge in [-0.15, -0.1) is 0 Å². The molecule has 0 saturated heterocycles. The van der Waals surface area contributed by atoms with Crippen LogP contribution in [0.15, 0.2) is 18.3 Å². The number of nitrogens with zero attached hydrogens (tertiary/aromatic N) is 1. The molecule has 0 bridgehead atoms. The number of amides is 1. The summed E-state index contributed by atoms with van der Waals surface area (Å²) in [5.74, 6) is -0.512. The highest BCUT2D eigenvalue weighted by Crippen LogP contribution is 2.14. The van der Waals surface area contributed by atoms with Crippen molar-refractivity contribution in [3.05, 3.63) is 24.0 Å². The molecule has 4 nitrogen and oxygen atoms in total. The summed E-state index contributed by atoms with van der Waals surface area (Å²) in [7, 11) is 0. The van der Waals surface area contributed by atoms with Crippen LogP contribution in [0.3, 0.4) is 0 Å². The molecule has 0 saturated carbocycles. The van der Waals surface area contributed by atoms with E-state index in [9.17, 15) is 4.79 Å². The lowest BCUT2D eigenvalue weighted by molar-refractivity contribution is 0.0995. The van der Waals surface area contributed by atoms with Gasteiger partial charge in [0, 0.05) is 17.4 Å². The molecule has 1 heterocycles. The lowest BCUT2D eigenvalue weighted by atomic mass is 10.1. The van der Waals surface area contributed by atoms with Crippen LogP contribution in [0, 0.1) is 0 Å². The molecule has 14 heavy (non-hydrogen) atoms. The average molecular weight is 193 g/mol. The Bertz CT molecular complexity index is 341. The molecule has 0 atom stereocenters. The molecule has 76 valence electrons. The fraction of sp³-hybridized carbons (Fsp3) is 0.400. The molecule has 3 N–H and O–H groups in total. The van der Waals surface area contributed by atoms with Crippen LogP contribution in [0.25, 0.3) is 0 Å². The van der Waals surface area contributed by atoms with Crippen molar-refractivity contribution in [2.75, 3.05) is 5.32 Å². The van der Waals surface area contributed by atoms with Gasteiger partial charge in [0.05, 0.1) is 0 Å². The Morgan fingerprint density at radius 2 is 2.14 bits per heavy atom. The molecule has 0 fully saturated rings. The Morgan fingerprint density at radius 3 is 2.64 bits per heavy atom. The fourth-order valence-electron chi connectivity index (χ4n) is 1.08. The van der Waals surface area contributed by atoms with Crippen LogP contribution < -0.4 is 11.1 Å². The van der Waals surface area contributed by atoms with Crippen molar-refractivity contribution in [1.29, 1.82) is 0 Å². The Kier molecular flexibility index (Phi) is 2.74. The second-order valence-corrected chi connectivity index (χ2v) is 4.17. The standard InChI is InChI=1S/C10H15N3O/c1-10(2,3)13-7-4-5-12-8(6-7)9(11)14/h4-6H,1-3H3,(H2,11,14)(H,12,13). The normalized spacial score (nSPS) is 11.1. The number of rotatable bonds is 2. The van der Waals surface area contributed by atoms with Crippen molar-refractivity contribution in [1.82, 2.24) is 4.98 Å². The fourth-order valence-corrected chi connectivity index (χ4v) is 1.08. The number of carbonyl (C=O) groups excluding carboxylic acids is 1. The van der Waals surface area contributed by atoms with E-state index in [-0.39, 0.29) is 11.2 Å². The van der Waals surface area contributed by atoms with Gasteiger partial charge in [-0.1, -0.05) is 0 Å². The van der Waals surface area contributed by atoms with Crippen LogP contribution >= 0.6 is 0 Å². The van der Waals surface area contributed by atoms with Gasteiger partial charge in [-0.2, -0.15) is 0 Å². The van der Waals surface area contributed by atoms with Gasteiger partial charge in [-0.25, -0.2) is 0 Å². The molecule has 0 aromatic carbocycles. The molecule has 0 radical (unpaired) electrons. The van der Waals surface area contributed by atoms with E-state index in [0.29, 0.717) is 0 Å². The molecule has 4 heteroatoms. The van der Waals surface area contributed by atoms with Crippen molar-refractivity contribution in [2.45, 2.75) is 26.3 Å². The lowest BCUT2D eigenvalue weighted by Crippen LogP contribution is -2.26. The summed E-state index contributed by atoms with van der Waals surface area (Å²) >= 11 is 0. The zero-order valence-corrected chi connectivity index (χ0v) is 8.66. The van der Waals surface area contributed by atoms with Crippen LogP contribution in [0.5, 0.6) is 0 Å². The third-order valence-electron chi connectivity index (χ3n) is 1.53. The minimum Gasteiger partial charge on any atom is -0.380 e. The largest absolute Gasteiger partial charge is 0.380 e. The summed E-state index contributed by atoms with van der Waals surface area (Å²) in [6.45, 7) is 6.12.